The number of hydrogen-bond acceptors (Lipinski definition) is 7. The molecule has 7 nitrogen and oxygen atoms in total. The van der Waals surface area contributed by atoms with Crippen LogP contribution >= 0.6 is 0 Å². The fourth-order valence-corrected chi connectivity index (χ4v) is 2.26. The first-order chi connectivity index (χ1) is 12.6. The first-order valence-corrected chi connectivity index (χ1v) is 7.69. The number of carbonyl (C=O) groups excluding carboxylic acids is 1. The molecule has 0 spiro atoms. The highest BCUT2D eigenvalue weighted by atomic mass is 19.1. The van der Waals surface area contributed by atoms with Crippen LogP contribution < -0.4 is 10.1 Å². The number of nitrogens with one attached hydrogen (secondary N) is 1. The average molecular weight is 357 g/mol. The lowest BCUT2D eigenvalue weighted by molar-refractivity contribution is 0.0600. The first-order valence-electron chi connectivity index (χ1n) is 7.69. The van der Waals surface area contributed by atoms with Gasteiger partial charge >= 0.3 is 5.97 Å². The summed E-state index contributed by atoms with van der Waals surface area (Å²) >= 11 is 0. The lowest BCUT2D eigenvalue weighted by Crippen LogP contribution is -2.06. The zero-order chi connectivity index (χ0) is 18.5. The molecule has 0 aliphatic rings. The largest absolute Gasteiger partial charge is 0.497 e. The molecular formula is C18H16FN3O4. The van der Waals surface area contributed by atoms with Gasteiger partial charge in [-0.2, -0.15) is 4.98 Å². The summed E-state index contributed by atoms with van der Waals surface area (Å²) in [5.41, 5.74) is 1.14. The monoisotopic (exact) mass is 357 g/mol. The van der Waals surface area contributed by atoms with Gasteiger partial charge in [0, 0.05) is 5.56 Å². The highest BCUT2D eigenvalue weighted by Crippen LogP contribution is 2.21. The standard InChI is InChI=1S/C18H16FN3O4/c1-24-13-6-3-11(4-7-13)17-21-16(26-22-17)10-20-15-9-12(18(23)25-2)5-8-14(15)19/h3-9,20H,10H2,1-2H3. The van der Waals surface area contributed by atoms with Crippen LogP contribution in [0.5, 0.6) is 5.75 Å². The van der Waals surface area contributed by atoms with Crippen molar-refractivity contribution in [3.63, 3.8) is 0 Å². The smallest absolute Gasteiger partial charge is 0.337 e. The number of carbonyl (C=O) groups is 1. The Bertz CT molecular complexity index is 909. The van der Waals surface area contributed by atoms with E-state index in [1.54, 1.807) is 31.4 Å². The van der Waals surface area contributed by atoms with Gasteiger partial charge in [0.25, 0.3) is 0 Å². The zero-order valence-electron chi connectivity index (χ0n) is 14.2. The van der Waals surface area contributed by atoms with Crippen LogP contribution in [0.2, 0.25) is 0 Å². The molecule has 3 aromatic rings. The van der Waals surface area contributed by atoms with Gasteiger partial charge in [-0.15, -0.1) is 0 Å². The average Bonchev–Trinajstić information content (AvgIpc) is 3.16. The molecule has 1 heterocycles. The van der Waals surface area contributed by atoms with Crippen molar-refractivity contribution in [3.05, 3.63) is 59.7 Å². The Kier molecular flexibility index (Phi) is 5.12. The molecule has 0 atom stereocenters. The van der Waals surface area contributed by atoms with Gasteiger partial charge in [-0.3, -0.25) is 0 Å². The van der Waals surface area contributed by atoms with E-state index in [9.17, 15) is 9.18 Å². The van der Waals surface area contributed by atoms with Crippen molar-refractivity contribution in [1.82, 2.24) is 10.1 Å². The van der Waals surface area contributed by atoms with Crippen molar-refractivity contribution in [1.29, 1.82) is 0 Å². The van der Waals surface area contributed by atoms with E-state index < -0.39 is 11.8 Å². The van der Waals surface area contributed by atoms with Gasteiger partial charge in [0.15, 0.2) is 0 Å². The van der Waals surface area contributed by atoms with Crippen LogP contribution in [0, 0.1) is 5.82 Å². The summed E-state index contributed by atoms with van der Waals surface area (Å²) in [6.07, 6.45) is 0. The van der Waals surface area contributed by atoms with E-state index in [2.05, 4.69) is 20.2 Å². The molecule has 1 aromatic heterocycles. The summed E-state index contributed by atoms with van der Waals surface area (Å²) in [4.78, 5) is 15.8. The summed E-state index contributed by atoms with van der Waals surface area (Å²) in [6, 6.07) is 11.1. The van der Waals surface area contributed by atoms with Gasteiger partial charge in [0.1, 0.15) is 11.6 Å². The number of methoxy groups -OCH3 is 2. The SMILES string of the molecule is COC(=O)c1ccc(F)c(NCc2nc(-c3ccc(OC)cc3)no2)c1. The van der Waals surface area contributed by atoms with Crippen LogP contribution in [0.25, 0.3) is 11.4 Å². The van der Waals surface area contributed by atoms with Crippen molar-refractivity contribution >= 4 is 11.7 Å². The molecule has 0 saturated carbocycles. The Balaban J connectivity index is 1.71. The van der Waals surface area contributed by atoms with Crippen molar-refractivity contribution in [2.75, 3.05) is 19.5 Å². The number of halogens is 1. The van der Waals surface area contributed by atoms with E-state index in [-0.39, 0.29) is 23.7 Å². The van der Waals surface area contributed by atoms with E-state index in [1.807, 2.05) is 0 Å². The summed E-state index contributed by atoms with van der Waals surface area (Å²) in [5.74, 6) is 0.354. The van der Waals surface area contributed by atoms with E-state index in [4.69, 9.17) is 9.26 Å². The number of benzene rings is 2. The maximum absolute atomic E-state index is 13.9. The molecule has 8 heteroatoms. The van der Waals surface area contributed by atoms with Crippen LogP contribution in [-0.2, 0) is 11.3 Å². The molecule has 0 amide bonds. The van der Waals surface area contributed by atoms with Gasteiger partial charge in [-0.25, -0.2) is 9.18 Å². The molecule has 0 radical (unpaired) electrons. The highest BCUT2D eigenvalue weighted by Gasteiger charge is 2.12. The van der Waals surface area contributed by atoms with Crippen molar-refractivity contribution in [2.24, 2.45) is 0 Å². The predicted octanol–water partition coefficient (Wildman–Crippen LogP) is 3.28. The maximum Gasteiger partial charge on any atom is 0.337 e. The fourth-order valence-electron chi connectivity index (χ4n) is 2.26. The Hall–Kier alpha value is -3.42. The number of hydrogen-bond donors (Lipinski definition) is 1. The topological polar surface area (TPSA) is 86.5 Å². The zero-order valence-corrected chi connectivity index (χ0v) is 14.2. The second-order valence-corrected chi connectivity index (χ2v) is 5.28. The molecule has 0 unspecified atom stereocenters. The second kappa shape index (κ2) is 7.64. The van der Waals surface area contributed by atoms with Crippen LogP contribution in [0.15, 0.2) is 47.0 Å². The summed E-state index contributed by atoms with van der Waals surface area (Å²) in [6.45, 7) is 0.102. The normalized spacial score (nSPS) is 10.4. The van der Waals surface area contributed by atoms with Crippen LogP contribution in [-0.4, -0.2) is 30.3 Å². The van der Waals surface area contributed by atoms with Crippen molar-refractivity contribution in [3.8, 4) is 17.1 Å². The molecule has 0 fully saturated rings. The van der Waals surface area contributed by atoms with Gasteiger partial charge < -0.3 is 19.3 Å². The van der Waals surface area contributed by atoms with Crippen molar-refractivity contribution in [2.45, 2.75) is 6.54 Å². The van der Waals surface area contributed by atoms with Crippen LogP contribution in [0.4, 0.5) is 10.1 Å². The molecule has 0 aliphatic carbocycles. The number of ether oxygens (including phenoxy) is 2. The van der Waals surface area contributed by atoms with Crippen LogP contribution in [0.3, 0.4) is 0 Å². The number of esters is 1. The molecule has 0 aliphatic heterocycles. The minimum absolute atomic E-state index is 0.102. The Labute approximate surface area is 148 Å². The van der Waals surface area contributed by atoms with E-state index in [0.717, 1.165) is 11.3 Å². The minimum atomic E-state index is -0.548. The minimum Gasteiger partial charge on any atom is -0.497 e. The lowest BCUT2D eigenvalue weighted by atomic mass is 10.2. The second-order valence-electron chi connectivity index (χ2n) is 5.28. The van der Waals surface area contributed by atoms with Gasteiger partial charge in [0.2, 0.25) is 11.7 Å². The molecule has 134 valence electrons. The molecule has 26 heavy (non-hydrogen) atoms. The molecule has 2 aromatic carbocycles. The quantitative estimate of drug-likeness (QED) is 0.678. The summed E-state index contributed by atoms with van der Waals surface area (Å²) < 4.78 is 28.8. The molecule has 0 bridgehead atoms. The number of anilines is 1. The third-order valence-electron chi connectivity index (χ3n) is 3.63. The lowest BCUT2D eigenvalue weighted by Gasteiger charge is -2.07. The third kappa shape index (κ3) is 3.80. The Morgan fingerprint density at radius 2 is 1.96 bits per heavy atom. The van der Waals surface area contributed by atoms with Gasteiger partial charge in [0.05, 0.1) is 32.0 Å². The molecular weight excluding hydrogens is 341 g/mol. The summed E-state index contributed by atoms with van der Waals surface area (Å²) in [7, 11) is 2.85. The number of aromatic nitrogens is 2. The fraction of sp³-hybridized carbons (Fsp3) is 0.167. The number of rotatable bonds is 6. The first kappa shape index (κ1) is 17.4. The van der Waals surface area contributed by atoms with E-state index in [0.29, 0.717) is 5.82 Å². The predicted molar refractivity (Wildman–Crippen MR) is 91.4 cm³/mol. The third-order valence-corrected chi connectivity index (χ3v) is 3.63. The molecule has 1 N–H and O–H groups in total. The number of nitrogens with zero attached hydrogens (tertiary/aromatic N) is 2. The van der Waals surface area contributed by atoms with E-state index in [1.165, 1.54) is 25.3 Å². The van der Waals surface area contributed by atoms with Gasteiger partial charge in [-0.05, 0) is 42.5 Å². The van der Waals surface area contributed by atoms with Gasteiger partial charge in [-0.1, -0.05) is 5.16 Å². The Morgan fingerprint density at radius 1 is 1.19 bits per heavy atom. The molecule has 0 saturated heterocycles. The van der Waals surface area contributed by atoms with Crippen LogP contribution in [0.1, 0.15) is 16.2 Å². The highest BCUT2D eigenvalue weighted by molar-refractivity contribution is 5.90. The summed E-state index contributed by atoms with van der Waals surface area (Å²) in [5, 5.41) is 6.73. The Morgan fingerprint density at radius 3 is 2.65 bits per heavy atom. The maximum atomic E-state index is 13.9. The van der Waals surface area contributed by atoms with Crippen molar-refractivity contribution < 1.29 is 23.2 Å². The van der Waals surface area contributed by atoms with E-state index >= 15 is 0 Å². The molecule has 3 rings (SSSR count).